The standard InChI is InChI=1S/C18H32O2.C12H27N/c1-2-3-4-5-6-7-8-9-10-11-12-13-14-15-16-17-18(19)20;1-4-7-10-13(11-8-5-2)12-9-6-3/h6-7,9-10H,2-5,8,11-17H2,1H3,(H,19,20);4-12H2,1-3H3/b7-6-,10-9-;. The van der Waals surface area contributed by atoms with Crippen molar-refractivity contribution < 1.29 is 9.90 Å². The van der Waals surface area contributed by atoms with Gasteiger partial charge in [-0.1, -0.05) is 103 Å². The number of hydrogen-bond acceptors (Lipinski definition) is 2. The van der Waals surface area contributed by atoms with Crippen LogP contribution in [0.4, 0.5) is 0 Å². The Balaban J connectivity index is 0. The van der Waals surface area contributed by atoms with E-state index in [1.165, 1.54) is 103 Å². The van der Waals surface area contributed by atoms with E-state index in [1.807, 2.05) is 0 Å². The SMILES string of the molecule is CCCCC/C=C\C/C=C\CCCCCCCC(=O)O.CCCCN(CCCC)CCCC. The topological polar surface area (TPSA) is 40.5 Å². The highest BCUT2D eigenvalue weighted by Crippen LogP contribution is 2.08. The van der Waals surface area contributed by atoms with Gasteiger partial charge in [0.15, 0.2) is 0 Å². The van der Waals surface area contributed by atoms with Gasteiger partial charge in [-0.15, -0.1) is 0 Å². The van der Waals surface area contributed by atoms with Crippen molar-refractivity contribution in [3.05, 3.63) is 24.3 Å². The zero-order valence-electron chi connectivity index (χ0n) is 23.0. The number of unbranched alkanes of at least 4 members (excludes halogenated alkanes) is 11. The molecule has 33 heavy (non-hydrogen) atoms. The predicted octanol–water partition coefficient (Wildman–Crippen LogP) is 9.57. The molecule has 196 valence electrons. The van der Waals surface area contributed by atoms with Crippen LogP contribution < -0.4 is 0 Å². The third-order valence-corrected chi connectivity index (χ3v) is 5.82. The summed E-state index contributed by atoms with van der Waals surface area (Å²) >= 11 is 0. The molecule has 0 aromatic rings. The van der Waals surface area contributed by atoms with Crippen molar-refractivity contribution >= 4 is 5.97 Å². The molecule has 3 heteroatoms. The first-order valence-corrected chi connectivity index (χ1v) is 14.4. The van der Waals surface area contributed by atoms with Crippen molar-refractivity contribution in [1.29, 1.82) is 0 Å². The van der Waals surface area contributed by atoms with Gasteiger partial charge < -0.3 is 10.0 Å². The Morgan fingerprint density at radius 2 is 1.00 bits per heavy atom. The molecular weight excluding hydrogens is 406 g/mol. The fraction of sp³-hybridized carbons (Fsp3) is 0.833. The zero-order chi connectivity index (χ0) is 24.8. The maximum absolute atomic E-state index is 10.3. The Labute approximate surface area is 208 Å². The van der Waals surface area contributed by atoms with Crippen LogP contribution in [-0.4, -0.2) is 35.6 Å². The number of carbonyl (C=O) groups is 1. The van der Waals surface area contributed by atoms with Crippen LogP contribution in [0.5, 0.6) is 0 Å². The number of aliphatic carboxylic acids is 1. The van der Waals surface area contributed by atoms with E-state index in [0.717, 1.165) is 25.7 Å². The highest BCUT2D eigenvalue weighted by atomic mass is 16.4. The molecule has 0 radical (unpaired) electrons. The number of nitrogens with zero attached hydrogens (tertiary/aromatic N) is 1. The third kappa shape index (κ3) is 33.2. The van der Waals surface area contributed by atoms with Crippen LogP contribution in [0.3, 0.4) is 0 Å². The summed E-state index contributed by atoms with van der Waals surface area (Å²) < 4.78 is 0. The maximum Gasteiger partial charge on any atom is 0.303 e. The molecule has 0 rings (SSSR count). The average molecular weight is 466 g/mol. The minimum Gasteiger partial charge on any atom is -0.481 e. The van der Waals surface area contributed by atoms with Crippen LogP contribution in [0.15, 0.2) is 24.3 Å². The quantitative estimate of drug-likeness (QED) is 0.121. The molecular formula is C30H59NO2. The Bertz CT molecular complexity index is 412. The molecule has 0 aliphatic carbocycles. The van der Waals surface area contributed by atoms with Crippen molar-refractivity contribution in [2.75, 3.05) is 19.6 Å². The van der Waals surface area contributed by atoms with Crippen LogP contribution in [0.2, 0.25) is 0 Å². The molecule has 0 amide bonds. The van der Waals surface area contributed by atoms with Crippen LogP contribution >= 0.6 is 0 Å². The third-order valence-electron chi connectivity index (χ3n) is 5.82. The van der Waals surface area contributed by atoms with Gasteiger partial charge in [0.05, 0.1) is 0 Å². The van der Waals surface area contributed by atoms with E-state index in [1.54, 1.807) is 0 Å². The molecule has 0 saturated heterocycles. The van der Waals surface area contributed by atoms with Crippen molar-refractivity contribution in [2.45, 2.75) is 143 Å². The molecule has 0 unspecified atom stereocenters. The molecule has 0 aromatic heterocycles. The second-order valence-electron chi connectivity index (χ2n) is 9.28. The number of hydrogen-bond donors (Lipinski definition) is 1. The van der Waals surface area contributed by atoms with E-state index in [9.17, 15) is 4.79 Å². The summed E-state index contributed by atoms with van der Waals surface area (Å²) in [6.45, 7) is 13.0. The summed E-state index contributed by atoms with van der Waals surface area (Å²) in [7, 11) is 0. The lowest BCUT2D eigenvalue weighted by atomic mass is 10.1. The monoisotopic (exact) mass is 465 g/mol. The largest absolute Gasteiger partial charge is 0.481 e. The van der Waals surface area contributed by atoms with Crippen LogP contribution in [0, 0.1) is 0 Å². The summed E-state index contributed by atoms with van der Waals surface area (Å²) in [6.07, 6.45) is 30.4. The van der Waals surface area contributed by atoms with E-state index in [2.05, 4.69) is 56.9 Å². The number of rotatable bonds is 23. The van der Waals surface area contributed by atoms with Crippen LogP contribution in [0.25, 0.3) is 0 Å². The van der Waals surface area contributed by atoms with Gasteiger partial charge in [-0.3, -0.25) is 4.79 Å². The van der Waals surface area contributed by atoms with Gasteiger partial charge in [-0.05, 0) is 77.4 Å². The van der Waals surface area contributed by atoms with Crippen LogP contribution in [0.1, 0.15) is 143 Å². The first kappa shape index (κ1) is 34.1. The Morgan fingerprint density at radius 3 is 1.45 bits per heavy atom. The van der Waals surface area contributed by atoms with E-state index in [4.69, 9.17) is 5.11 Å². The molecule has 0 spiro atoms. The predicted molar refractivity (Wildman–Crippen MR) is 148 cm³/mol. The van der Waals surface area contributed by atoms with Gasteiger partial charge in [0, 0.05) is 6.42 Å². The van der Waals surface area contributed by atoms with Gasteiger partial charge in [0.1, 0.15) is 0 Å². The summed E-state index contributed by atoms with van der Waals surface area (Å²) in [5, 5.41) is 8.50. The lowest BCUT2D eigenvalue weighted by Gasteiger charge is -2.21. The fourth-order valence-corrected chi connectivity index (χ4v) is 3.57. The van der Waals surface area contributed by atoms with Gasteiger partial charge in [0.25, 0.3) is 0 Å². The van der Waals surface area contributed by atoms with Crippen molar-refractivity contribution in [2.24, 2.45) is 0 Å². The molecule has 0 heterocycles. The normalized spacial score (nSPS) is 11.4. The highest BCUT2D eigenvalue weighted by Gasteiger charge is 2.01. The first-order valence-electron chi connectivity index (χ1n) is 14.4. The zero-order valence-corrected chi connectivity index (χ0v) is 23.0. The fourth-order valence-electron chi connectivity index (χ4n) is 3.57. The minimum absolute atomic E-state index is 0.324. The lowest BCUT2D eigenvalue weighted by molar-refractivity contribution is -0.137. The molecule has 0 atom stereocenters. The molecule has 0 bridgehead atoms. The van der Waals surface area contributed by atoms with Crippen molar-refractivity contribution in [1.82, 2.24) is 4.90 Å². The van der Waals surface area contributed by atoms with Gasteiger partial charge >= 0.3 is 5.97 Å². The molecule has 0 saturated carbocycles. The van der Waals surface area contributed by atoms with Gasteiger partial charge in [-0.25, -0.2) is 0 Å². The minimum atomic E-state index is -0.671. The smallest absolute Gasteiger partial charge is 0.303 e. The van der Waals surface area contributed by atoms with E-state index >= 15 is 0 Å². The van der Waals surface area contributed by atoms with Crippen LogP contribution in [-0.2, 0) is 4.79 Å². The van der Waals surface area contributed by atoms with E-state index in [-0.39, 0.29) is 0 Å². The Hall–Kier alpha value is -1.09. The molecule has 0 fully saturated rings. The van der Waals surface area contributed by atoms with Gasteiger partial charge in [-0.2, -0.15) is 0 Å². The van der Waals surface area contributed by atoms with E-state index in [0.29, 0.717) is 6.42 Å². The number of carboxylic acid groups (broad SMARTS) is 1. The summed E-state index contributed by atoms with van der Waals surface area (Å²) in [5.41, 5.74) is 0. The molecule has 3 nitrogen and oxygen atoms in total. The Kier molecular flexibility index (Phi) is 31.9. The van der Waals surface area contributed by atoms with Crippen molar-refractivity contribution in [3.8, 4) is 0 Å². The maximum atomic E-state index is 10.3. The molecule has 0 aromatic carbocycles. The molecule has 1 N–H and O–H groups in total. The number of carboxylic acids is 1. The Morgan fingerprint density at radius 1 is 0.576 bits per heavy atom. The van der Waals surface area contributed by atoms with E-state index < -0.39 is 5.97 Å². The molecule has 0 aliphatic rings. The summed E-state index contributed by atoms with van der Waals surface area (Å²) in [5.74, 6) is -0.671. The second-order valence-corrected chi connectivity index (χ2v) is 9.28. The first-order chi connectivity index (χ1) is 16.1. The number of allylic oxidation sites excluding steroid dienone is 4. The highest BCUT2D eigenvalue weighted by molar-refractivity contribution is 5.66. The summed E-state index contributed by atoms with van der Waals surface area (Å²) in [6, 6.07) is 0. The summed E-state index contributed by atoms with van der Waals surface area (Å²) in [4.78, 5) is 13.0. The molecule has 0 aliphatic heterocycles. The lowest BCUT2D eigenvalue weighted by Crippen LogP contribution is -2.27. The average Bonchev–Trinajstić information content (AvgIpc) is 2.81. The van der Waals surface area contributed by atoms with Gasteiger partial charge in [0.2, 0.25) is 0 Å². The second kappa shape index (κ2) is 30.9. The van der Waals surface area contributed by atoms with Crippen molar-refractivity contribution in [3.63, 3.8) is 0 Å².